The second-order valence-corrected chi connectivity index (χ2v) is 5.42. The normalized spacial score (nSPS) is 12.3. The summed E-state index contributed by atoms with van der Waals surface area (Å²) in [5.74, 6) is 0. The second-order valence-electron chi connectivity index (χ2n) is 5.02. The Morgan fingerprint density at radius 2 is 1.87 bits per heavy atom. The van der Waals surface area contributed by atoms with Crippen molar-refractivity contribution in [2.75, 3.05) is 0 Å². The number of aromatic nitrogens is 1. The van der Waals surface area contributed by atoms with Crippen LogP contribution in [0.25, 0.3) is 10.9 Å². The van der Waals surface area contributed by atoms with Crippen LogP contribution in [-0.2, 0) is 5.54 Å². The van der Waals surface area contributed by atoms with E-state index in [-0.39, 0.29) is 5.54 Å². The van der Waals surface area contributed by atoms with Crippen LogP contribution in [0.1, 0.15) is 26.3 Å². The molecular weight excluding hydrogens is 206 g/mol. The van der Waals surface area contributed by atoms with Gasteiger partial charge in [-0.05, 0) is 51.5 Å². The highest BCUT2D eigenvalue weighted by Crippen LogP contribution is 2.28. The molecule has 15 heavy (non-hydrogen) atoms. The Morgan fingerprint density at radius 3 is 2.47 bits per heavy atom. The van der Waals surface area contributed by atoms with Crippen LogP contribution in [0, 0.1) is 6.92 Å². The van der Waals surface area contributed by atoms with E-state index in [1.54, 1.807) is 0 Å². The molecule has 0 atom stereocenters. The first-order valence-electron chi connectivity index (χ1n) is 5.17. The molecule has 0 aliphatic heterocycles. The van der Waals surface area contributed by atoms with Crippen LogP contribution in [0.3, 0.4) is 0 Å². The average molecular weight is 222 g/mol. The predicted molar refractivity (Wildman–Crippen MR) is 66.7 cm³/mol. The van der Waals surface area contributed by atoms with Crippen LogP contribution in [0.2, 0.25) is 5.02 Å². The summed E-state index contributed by atoms with van der Waals surface area (Å²) in [4.78, 5) is 0. The predicted octanol–water partition coefficient (Wildman–Crippen LogP) is 4.36. The van der Waals surface area contributed by atoms with Crippen LogP contribution >= 0.6 is 11.6 Å². The molecule has 0 unspecified atom stereocenters. The lowest BCUT2D eigenvalue weighted by Gasteiger charge is -2.22. The van der Waals surface area contributed by atoms with Gasteiger partial charge in [-0.1, -0.05) is 11.6 Å². The number of nitrogens with zero attached hydrogens (tertiary/aromatic N) is 1. The first-order valence-corrected chi connectivity index (χ1v) is 5.55. The van der Waals surface area contributed by atoms with Crippen LogP contribution in [0.5, 0.6) is 0 Å². The molecule has 1 heterocycles. The first kappa shape index (κ1) is 10.6. The zero-order valence-electron chi connectivity index (χ0n) is 9.63. The molecule has 1 nitrogen and oxygen atoms in total. The Balaban J connectivity index is 2.75. The number of hydrogen-bond donors (Lipinski definition) is 0. The number of halogens is 1. The van der Waals surface area contributed by atoms with Gasteiger partial charge in [0.05, 0.1) is 0 Å². The van der Waals surface area contributed by atoms with Crippen molar-refractivity contribution in [1.29, 1.82) is 0 Å². The van der Waals surface area contributed by atoms with Crippen LogP contribution in [-0.4, -0.2) is 4.57 Å². The number of aryl methyl sites for hydroxylation is 1. The monoisotopic (exact) mass is 221 g/mol. The summed E-state index contributed by atoms with van der Waals surface area (Å²) in [5.41, 5.74) is 2.50. The van der Waals surface area contributed by atoms with Gasteiger partial charge in [-0.25, -0.2) is 0 Å². The van der Waals surface area contributed by atoms with E-state index in [9.17, 15) is 0 Å². The van der Waals surface area contributed by atoms with Gasteiger partial charge in [-0.15, -0.1) is 0 Å². The first-order chi connectivity index (χ1) is 6.89. The minimum atomic E-state index is 0.113. The van der Waals surface area contributed by atoms with E-state index in [1.165, 1.54) is 10.9 Å². The Labute approximate surface area is 95.7 Å². The summed E-state index contributed by atoms with van der Waals surface area (Å²) in [6, 6.07) is 6.31. The third kappa shape index (κ3) is 1.76. The van der Waals surface area contributed by atoms with Gasteiger partial charge in [-0.2, -0.15) is 0 Å². The fourth-order valence-corrected chi connectivity index (χ4v) is 2.02. The van der Waals surface area contributed by atoms with Gasteiger partial charge in [0.15, 0.2) is 0 Å². The topological polar surface area (TPSA) is 4.93 Å². The second kappa shape index (κ2) is 3.28. The molecule has 0 amide bonds. The molecule has 0 fully saturated rings. The standard InChI is InChI=1S/C13H16ClN/c1-9-7-12-10(8-11(9)14)5-6-15(12)13(2,3)4/h5-8H,1-4H3. The van der Waals surface area contributed by atoms with E-state index >= 15 is 0 Å². The SMILES string of the molecule is Cc1cc2c(ccn2C(C)(C)C)cc1Cl. The molecule has 0 radical (unpaired) electrons. The maximum atomic E-state index is 6.10. The highest BCUT2D eigenvalue weighted by Gasteiger charge is 2.15. The van der Waals surface area contributed by atoms with E-state index in [1.807, 2.05) is 13.0 Å². The number of benzene rings is 1. The van der Waals surface area contributed by atoms with Crippen molar-refractivity contribution in [2.45, 2.75) is 33.2 Å². The van der Waals surface area contributed by atoms with E-state index < -0.39 is 0 Å². The van der Waals surface area contributed by atoms with Crippen molar-refractivity contribution in [1.82, 2.24) is 4.57 Å². The van der Waals surface area contributed by atoms with E-state index in [4.69, 9.17) is 11.6 Å². The molecular formula is C13H16ClN. The molecule has 0 aliphatic rings. The lowest BCUT2D eigenvalue weighted by Crippen LogP contribution is -2.20. The molecule has 80 valence electrons. The molecule has 0 bridgehead atoms. The highest BCUT2D eigenvalue weighted by molar-refractivity contribution is 6.32. The molecule has 2 heteroatoms. The smallest absolute Gasteiger partial charge is 0.0488 e. The lowest BCUT2D eigenvalue weighted by atomic mass is 10.1. The number of fused-ring (bicyclic) bond motifs is 1. The summed E-state index contributed by atoms with van der Waals surface area (Å²) < 4.78 is 2.28. The zero-order chi connectivity index (χ0) is 11.2. The van der Waals surface area contributed by atoms with Crippen molar-refractivity contribution in [3.05, 3.63) is 35.0 Å². The third-order valence-electron chi connectivity index (χ3n) is 2.69. The highest BCUT2D eigenvalue weighted by atomic mass is 35.5. The molecule has 0 saturated heterocycles. The van der Waals surface area contributed by atoms with Gasteiger partial charge >= 0.3 is 0 Å². The van der Waals surface area contributed by atoms with Crippen molar-refractivity contribution in [3.8, 4) is 0 Å². The van der Waals surface area contributed by atoms with Crippen molar-refractivity contribution >= 4 is 22.5 Å². The molecule has 0 saturated carbocycles. The molecule has 1 aromatic heterocycles. The fraction of sp³-hybridized carbons (Fsp3) is 0.385. The molecule has 0 N–H and O–H groups in total. The Kier molecular flexibility index (Phi) is 2.31. The van der Waals surface area contributed by atoms with Crippen molar-refractivity contribution in [2.24, 2.45) is 0 Å². The summed E-state index contributed by atoms with van der Waals surface area (Å²) >= 11 is 6.10. The molecule has 2 rings (SSSR count). The molecule has 1 aromatic carbocycles. The van der Waals surface area contributed by atoms with E-state index in [0.717, 1.165) is 10.6 Å². The molecule has 0 aliphatic carbocycles. The van der Waals surface area contributed by atoms with Crippen LogP contribution in [0.4, 0.5) is 0 Å². The summed E-state index contributed by atoms with van der Waals surface area (Å²) in [5, 5.41) is 2.05. The van der Waals surface area contributed by atoms with Gasteiger partial charge in [0, 0.05) is 27.7 Å². The fourth-order valence-electron chi connectivity index (χ4n) is 1.84. The Hall–Kier alpha value is -0.950. The number of rotatable bonds is 0. The number of hydrogen-bond acceptors (Lipinski definition) is 0. The van der Waals surface area contributed by atoms with Gasteiger partial charge in [-0.3, -0.25) is 0 Å². The zero-order valence-corrected chi connectivity index (χ0v) is 10.4. The minimum absolute atomic E-state index is 0.113. The third-order valence-corrected chi connectivity index (χ3v) is 3.10. The van der Waals surface area contributed by atoms with Crippen LogP contribution in [0.15, 0.2) is 24.4 Å². The Morgan fingerprint density at radius 1 is 1.20 bits per heavy atom. The summed E-state index contributed by atoms with van der Waals surface area (Å²) in [6.07, 6.45) is 2.13. The summed E-state index contributed by atoms with van der Waals surface area (Å²) in [7, 11) is 0. The molecule has 0 spiro atoms. The van der Waals surface area contributed by atoms with Crippen molar-refractivity contribution < 1.29 is 0 Å². The maximum Gasteiger partial charge on any atom is 0.0488 e. The van der Waals surface area contributed by atoms with E-state index in [0.29, 0.717) is 0 Å². The van der Waals surface area contributed by atoms with Gasteiger partial charge < -0.3 is 4.57 Å². The minimum Gasteiger partial charge on any atom is -0.342 e. The lowest BCUT2D eigenvalue weighted by molar-refractivity contribution is 0.411. The van der Waals surface area contributed by atoms with Crippen molar-refractivity contribution in [3.63, 3.8) is 0 Å². The quantitative estimate of drug-likeness (QED) is 0.623. The average Bonchev–Trinajstić information content (AvgIpc) is 2.47. The van der Waals surface area contributed by atoms with Gasteiger partial charge in [0.2, 0.25) is 0 Å². The van der Waals surface area contributed by atoms with E-state index in [2.05, 4.69) is 43.7 Å². The molecule has 2 aromatic rings. The maximum absolute atomic E-state index is 6.10. The largest absolute Gasteiger partial charge is 0.342 e. The Bertz CT molecular complexity index is 503. The van der Waals surface area contributed by atoms with Crippen LogP contribution < -0.4 is 0 Å². The van der Waals surface area contributed by atoms with Gasteiger partial charge in [0.1, 0.15) is 0 Å². The summed E-state index contributed by atoms with van der Waals surface area (Å²) in [6.45, 7) is 8.66. The van der Waals surface area contributed by atoms with Gasteiger partial charge in [0.25, 0.3) is 0 Å².